The number of hydrogen-bond donors (Lipinski definition) is 1. The summed E-state index contributed by atoms with van der Waals surface area (Å²) in [5.74, 6) is -0.625. The highest BCUT2D eigenvalue weighted by Crippen LogP contribution is 2.27. The fraction of sp³-hybridized carbons (Fsp3) is 0.250. The Morgan fingerprint density at radius 2 is 1.92 bits per heavy atom. The van der Waals surface area contributed by atoms with Gasteiger partial charge in [0, 0.05) is 18.1 Å². The van der Waals surface area contributed by atoms with Gasteiger partial charge in [0.05, 0.1) is 6.54 Å². The molecule has 25 heavy (non-hydrogen) atoms. The Balaban J connectivity index is 1.76. The molecule has 130 valence electrons. The summed E-state index contributed by atoms with van der Waals surface area (Å²) in [4.78, 5) is 23.7. The number of halogens is 3. The SMILES string of the molecule is Cc1ccc2nc(C(=O)NCc3nc(C)cc(C(F)(F)F)n3)cn2c1. The number of alkyl halides is 3. The molecule has 0 bridgehead atoms. The van der Waals surface area contributed by atoms with Crippen molar-refractivity contribution in [1.82, 2.24) is 24.7 Å². The summed E-state index contributed by atoms with van der Waals surface area (Å²) in [7, 11) is 0. The number of fused-ring (bicyclic) bond motifs is 1. The number of nitrogens with one attached hydrogen (secondary N) is 1. The monoisotopic (exact) mass is 349 g/mol. The van der Waals surface area contributed by atoms with E-state index in [1.54, 1.807) is 16.7 Å². The summed E-state index contributed by atoms with van der Waals surface area (Å²) in [6.07, 6.45) is -1.19. The van der Waals surface area contributed by atoms with Gasteiger partial charge in [0.1, 0.15) is 22.9 Å². The molecule has 9 heteroatoms. The number of carbonyl (C=O) groups excluding carboxylic acids is 1. The van der Waals surface area contributed by atoms with E-state index < -0.39 is 17.8 Å². The van der Waals surface area contributed by atoms with Crippen LogP contribution in [-0.2, 0) is 12.7 Å². The molecule has 3 aromatic heterocycles. The number of amides is 1. The maximum Gasteiger partial charge on any atom is 0.433 e. The van der Waals surface area contributed by atoms with Crippen LogP contribution in [0.2, 0.25) is 0 Å². The van der Waals surface area contributed by atoms with Crippen molar-refractivity contribution < 1.29 is 18.0 Å². The molecule has 3 rings (SSSR count). The lowest BCUT2D eigenvalue weighted by Gasteiger charge is -2.09. The van der Waals surface area contributed by atoms with Gasteiger partial charge in [-0.2, -0.15) is 13.2 Å². The van der Waals surface area contributed by atoms with E-state index in [0.717, 1.165) is 11.6 Å². The third kappa shape index (κ3) is 3.76. The first-order valence-electron chi connectivity index (χ1n) is 7.38. The van der Waals surface area contributed by atoms with Crippen LogP contribution in [0.3, 0.4) is 0 Å². The topological polar surface area (TPSA) is 72.2 Å². The number of rotatable bonds is 3. The second-order valence-corrected chi connectivity index (χ2v) is 5.59. The molecule has 0 saturated heterocycles. The van der Waals surface area contributed by atoms with Crippen molar-refractivity contribution in [3.63, 3.8) is 0 Å². The van der Waals surface area contributed by atoms with Gasteiger partial charge in [-0.3, -0.25) is 4.79 Å². The maximum atomic E-state index is 12.8. The molecule has 0 aliphatic carbocycles. The average Bonchev–Trinajstić information content (AvgIpc) is 2.94. The van der Waals surface area contributed by atoms with Gasteiger partial charge in [-0.15, -0.1) is 0 Å². The van der Waals surface area contributed by atoms with Crippen LogP contribution in [0, 0.1) is 13.8 Å². The molecule has 1 amide bonds. The van der Waals surface area contributed by atoms with Crippen LogP contribution in [0.25, 0.3) is 5.65 Å². The number of aryl methyl sites for hydroxylation is 2. The van der Waals surface area contributed by atoms with Crippen molar-refractivity contribution >= 4 is 11.6 Å². The fourth-order valence-corrected chi connectivity index (χ4v) is 2.32. The van der Waals surface area contributed by atoms with Gasteiger partial charge in [-0.25, -0.2) is 15.0 Å². The summed E-state index contributed by atoms with van der Waals surface area (Å²) in [5, 5.41) is 2.49. The number of nitrogens with zero attached hydrogens (tertiary/aromatic N) is 4. The van der Waals surface area contributed by atoms with E-state index in [4.69, 9.17) is 0 Å². The lowest BCUT2D eigenvalue weighted by atomic mass is 10.3. The molecule has 3 heterocycles. The summed E-state index contributed by atoms with van der Waals surface area (Å²) in [6, 6.07) is 4.49. The molecule has 3 aromatic rings. The smallest absolute Gasteiger partial charge is 0.343 e. The Morgan fingerprint density at radius 1 is 1.16 bits per heavy atom. The zero-order valence-corrected chi connectivity index (χ0v) is 13.4. The third-order valence-corrected chi connectivity index (χ3v) is 3.43. The van der Waals surface area contributed by atoms with Crippen LogP contribution < -0.4 is 5.32 Å². The summed E-state index contributed by atoms with van der Waals surface area (Å²) in [6.45, 7) is 3.12. The number of carbonyl (C=O) groups is 1. The largest absolute Gasteiger partial charge is 0.433 e. The third-order valence-electron chi connectivity index (χ3n) is 3.43. The first-order chi connectivity index (χ1) is 11.7. The fourth-order valence-electron chi connectivity index (χ4n) is 2.32. The minimum Gasteiger partial charge on any atom is -0.343 e. The van der Waals surface area contributed by atoms with Gasteiger partial charge in [0.25, 0.3) is 5.91 Å². The van der Waals surface area contributed by atoms with Crippen molar-refractivity contribution in [2.45, 2.75) is 26.6 Å². The molecule has 0 aliphatic rings. The molecular weight excluding hydrogens is 335 g/mol. The minimum absolute atomic E-state index is 0.111. The molecule has 0 spiro atoms. The highest BCUT2D eigenvalue weighted by atomic mass is 19.4. The molecule has 0 fully saturated rings. The molecule has 0 unspecified atom stereocenters. The quantitative estimate of drug-likeness (QED) is 0.789. The number of aromatic nitrogens is 4. The van der Waals surface area contributed by atoms with E-state index in [1.807, 2.05) is 19.2 Å². The molecule has 1 N–H and O–H groups in total. The number of pyridine rings is 1. The molecule has 0 atom stereocenters. The normalized spacial score (nSPS) is 11.7. The van der Waals surface area contributed by atoms with Gasteiger partial charge in [0.2, 0.25) is 0 Å². The minimum atomic E-state index is -4.56. The van der Waals surface area contributed by atoms with Crippen molar-refractivity contribution in [3.8, 4) is 0 Å². The predicted octanol–water partition coefficient (Wildman–Crippen LogP) is 2.69. The van der Waals surface area contributed by atoms with Crippen LogP contribution >= 0.6 is 0 Å². The molecule has 6 nitrogen and oxygen atoms in total. The lowest BCUT2D eigenvalue weighted by Crippen LogP contribution is -2.25. The molecular formula is C16H14F3N5O. The predicted molar refractivity (Wildman–Crippen MR) is 82.9 cm³/mol. The summed E-state index contributed by atoms with van der Waals surface area (Å²) < 4.78 is 40.0. The van der Waals surface area contributed by atoms with E-state index in [0.29, 0.717) is 5.65 Å². The second kappa shape index (κ2) is 6.15. The van der Waals surface area contributed by atoms with E-state index >= 15 is 0 Å². The standard InChI is InChI=1S/C16H14F3N5O/c1-9-3-4-14-22-11(8-24(14)7-9)15(25)20-6-13-21-10(2)5-12(23-13)16(17,18)19/h3-5,7-8H,6H2,1-2H3,(H,20,25). The van der Waals surface area contributed by atoms with Crippen LogP contribution in [0.4, 0.5) is 13.2 Å². The zero-order chi connectivity index (χ0) is 18.2. The van der Waals surface area contributed by atoms with E-state index in [9.17, 15) is 18.0 Å². The van der Waals surface area contributed by atoms with Crippen LogP contribution in [0.15, 0.2) is 30.6 Å². The molecule has 0 saturated carbocycles. The van der Waals surface area contributed by atoms with Gasteiger partial charge in [0.15, 0.2) is 0 Å². The van der Waals surface area contributed by atoms with Crippen LogP contribution in [0.1, 0.15) is 33.3 Å². The molecule has 0 aliphatic heterocycles. The number of imidazole rings is 1. The zero-order valence-electron chi connectivity index (χ0n) is 13.4. The average molecular weight is 349 g/mol. The van der Waals surface area contributed by atoms with Gasteiger partial charge >= 0.3 is 6.18 Å². The van der Waals surface area contributed by atoms with Gasteiger partial charge < -0.3 is 9.72 Å². The molecule has 0 aromatic carbocycles. The Hall–Kier alpha value is -2.97. The van der Waals surface area contributed by atoms with E-state index in [1.165, 1.54) is 6.92 Å². The Kier molecular flexibility index (Phi) is 4.15. The van der Waals surface area contributed by atoms with E-state index in [2.05, 4.69) is 20.3 Å². The second-order valence-electron chi connectivity index (χ2n) is 5.59. The van der Waals surface area contributed by atoms with Gasteiger partial charge in [-0.1, -0.05) is 6.07 Å². The van der Waals surface area contributed by atoms with Crippen LogP contribution in [0.5, 0.6) is 0 Å². The van der Waals surface area contributed by atoms with Crippen molar-refractivity contribution in [1.29, 1.82) is 0 Å². The maximum absolute atomic E-state index is 12.8. The van der Waals surface area contributed by atoms with Crippen molar-refractivity contribution in [2.24, 2.45) is 0 Å². The molecule has 0 radical (unpaired) electrons. The van der Waals surface area contributed by atoms with Crippen molar-refractivity contribution in [2.75, 3.05) is 0 Å². The first-order valence-corrected chi connectivity index (χ1v) is 7.38. The van der Waals surface area contributed by atoms with E-state index in [-0.39, 0.29) is 23.8 Å². The Morgan fingerprint density at radius 3 is 2.64 bits per heavy atom. The summed E-state index contributed by atoms with van der Waals surface area (Å²) in [5.41, 5.74) is 0.906. The van der Waals surface area contributed by atoms with Gasteiger partial charge in [-0.05, 0) is 31.5 Å². The van der Waals surface area contributed by atoms with Crippen molar-refractivity contribution in [3.05, 3.63) is 59.1 Å². The highest BCUT2D eigenvalue weighted by molar-refractivity contribution is 5.92. The Bertz CT molecular complexity index is 949. The highest BCUT2D eigenvalue weighted by Gasteiger charge is 2.33. The lowest BCUT2D eigenvalue weighted by molar-refractivity contribution is -0.141. The van der Waals surface area contributed by atoms with Crippen LogP contribution in [-0.4, -0.2) is 25.3 Å². The summed E-state index contributed by atoms with van der Waals surface area (Å²) >= 11 is 0. The number of hydrogen-bond acceptors (Lipinski definition) is 4. The Labute approximate surface area is 140 Å². The first kappa shape index (κ1) is 16.9.